The number of hydrogen-bond donors (Lipinski definition) is 2. The average Bonchev–Trinajstić information content (AvgIpc) is 2.87. The van der Waals surface area contributed by atoms with Crippen molar-refractivity contribution in [2.75, 3.05) is 11.9 Å². The van der Waals surface area contributed by atoms with Crippen molar-refractivity contribution < 1.29 is 9.53 Å². The molecule has 1 saturated heterocycles. The second-order valence-electron chi connectivity index (χ2n) is 6.09. The lowest BCUT2D eigenvalue weighted by Gasteiger charge is -2.16. The van der Waals surface area contributed by atoms with Crippen LogP contribution in [0.1, 0.15) is 39.4 Å². The Balaban J connectivity index is 1.95. The number of nitrogens with one attached hydrogen (secondary N) is 1. The lowest BCUT2D eigenvalue weighted by atomic mass is 9.96. The summed E-state index contributed by atoms with van der Waals surface area (Å²) in [6.45, 7) is 6.58. The molecule has 1 aromatic heterocycles. The number of carbonyl (C=O) groups excluding carboxylic acids is 1. The van der Waals surface area contributed by atoms with Crippen LogP contribution >= 0.6 is 0 Å². The second-order valence-corrected chi connectivity index (χ2v) is 6.09. The minimum atomic E-state index is -0.425. The lowest BCUT2D eigenvalue weighted by Crippen LogP contribution is -2.30. The number of anilines is 1. The van der Waals surface area contributed by atoms with Crippen molar-refractivity contribution in [2.45, 2.75) is 51.2 Å². The molecule has 1 amide bonds. The van der Waals surface area contributed by atoms with Crippen LogP contribution in [0.4, 0.5) is 5.69 Å². The highest BCUT2D eigenvalue weighted by Gasteiger charge is 2.30. The molecule has 0 aromatic carbocycles. The van der Waals surface area contributed by atoms with Crippen LogP contribution < -0.4 is 11.1 Å². The molecular formula is C14H22N4O2. The highest BCUT2D eigenvalue weighted by atomic mass is 16.5. The third-order valence-electron chi connectivity index (χ3n) is 3.25. The average molecular weight is 278 g/mol. The van der Waals surface area contributed by atoms with Gasteiger partial charge in [0.1, 0.15) is 11.9 Å². The summed E-state index contributed by atoms with van der Waals surface area (Å²) in [4.78, 5) is 20.6. The van der Waals surface area contributed by atoms with Crippen LogP contribution in [0.2, 0.25) is 0 Å². The first-order valence-corrected chi connectivity index (χ1v) is 6.89. The third kappa shape index (κ3) is 3.52. The van der Waals surface area contributed by atoms with Gasteiger partial charge < -0.3 is 15.8 Å². The minimum Gasteiger partial charge on any atom is -0.364 e. The maximum absolute atomic E-state index is 12.0. The van der Waals surface area contributed by atoms with Crippen LogP contribution in [0.3, 0.4) is 0 Å². The first-order valence-electron chi connectivity index (χ1n) is 6.89. The predicted octanol–water partition coefficient (Wildman–Crippen LogP) is 1.22. The van der Waals surface area contributed by atoms with Crippen molar-refractivity contribution in [2.24, 2.45) is 5.73 Å². The molecule has 110 valence electrons. The standard InChI is InChI=1S/C14H22N4O2/c1-14(2,3)13-16-7-9(8-17-13)18-12(19)11-5-4-10(6-15)20-11/h7-8,10-11H,4-6,15H2,1-3H3,(H,18,19)/t10-,11+/m1/s1. The van der Waals surface area contributed by atoms with E-state index in [1.807, 2.05) is 20.8 Å². The summed E-state index contributed by atoms with van der Waals surface area (Å²) in [5, 5.41) is 2.78. The van der Waals surface area contributed by atoms with Gasteiger partial charge in [-0.15, -0.1) is 0 Å². The molecule has 2 rings (SSSR count). The van der Waals surface area contributed by atoms with Gasteiger partial charge in [-0.25, -0.2) is 9.97 Å². The van der Waals surface area contributed by atoms with E-state index in [4.69, 9.17) is 10.5 Å². The van der Waals surface area contributed by atoms with Crippen LogP contribution in [-0.2, 0) is 14.9 Å². The number of rotatable bonds is 3. The summed E-state index contributed by atoms with van der Waals surface area (Å²) < 4.78 is 5.54. The summed E-state index contributed by atoms with van der Waals surface area (Å²) in [7, 11) is 0. The van der Waals surface area contributed by atoms with Gasteiger partial charge in [0.15, 0.2) is 0 Å². The molecule has 0 radical (unpaired) electrons. The van der Waals surface area contributed by atoms with Gasteiger partial charge >= 0.3 is 0 Å². The number of nitrogens with zero attached hydrogens (tertiary/aromatic N) is 2. The molecule has 2 heterocycles. The van der Waals surface area contributed by atoms with Crippen LogP contribution in [0.25, 0.3) is 0 Å². The summed E-state index contributed by atoms with van der Waals surface area (Å²) in [5.41, 5.74) is 6.01. The SMILES string of the molecule is CC(C)(C)c1ncc(NC(=O)[C@@H]2CC[C@H](CN)O2)cn1. The van der Waals surface area contributed by atoms with Crippen LogP contribution in [0.15, 0.2) is 12.4 Å². The zero-order valence-electron chi connectivity index (χ0n) is 12.2. The van der Waals surface area contributed by atoms with Gasteiger partial charge in [-0.05, 0) is 12.8 Å². The molecule has 0 spiro atoms. The van der Waals surface area contributed by atoms with Crippen LogP contribution in [0.5, 0.6) is 0 Å². The largest absolute Gasteiger partial charge is 0.364 e. The monoisotopic (exact) mass is 278 g/mol. The molecule has 6 nitrogen and oxygen atoms in total. The fraction of sp³-hybridized carbons (Fsp3) is 0.643. The quantitative estimate of drug-likeness (QED) is 0.867. The van der Waals surface area contributed by atoms with Crippen molar-refractivity contribution >= 4 is 11.6 Å². The van der Waals surface area contributed by atoms with Crippen molar-refractivity contribution in [3.63, 3.8) is 0 Å². The number of aromatic nitrogens is 2. The van der Waals surface area contributed by atoms with E-state index in [0.29, 0.717) is 18.7 Å². The zero-order valence-corrected chi connectivity index (χ0v) is 12.2. The molecule has 6 heteroatoms. The fourth-order valence-corrected chi connectivity index (χ4v) is 2.07. The van der Waals surface area contributed by atoms with E-state index in [-0.39, 0.29) is 17.4 Å². The van der Waals surface area contributed by atoms with Crippen LogP contribution in [-0.4, -0.2) is 34.6 Å². The topological polar surface area (TPSA) is 90.1 Å². The Labute approximate surface area is 119 Å². The molecule has 1 aromatic rings. The van der Waals surface area contributed by atoms with Gasteiger partial charge in [-0.1, -0.05) is 20.8 Å². The summed E-state index contributed by atoms with van der Waals surface area (Å²) in [5.74, 6) is 0.587. The minimum absolute atomic E-state index is 0.00901. The molecule has 0 saturated carbocycles. The first-order chi connectivity index (χ1) is 9.40. The molecule has 2 atom stereocenters. The normalized spacial score (nSPS) is 22.8. The Morgan fingerprint density at radius 3 is 2.55 bits per heavy atom. The summed E-state index contributed by atoms with van der Waals surface area (Å²) in [6, 6.07) is 0. The highest BCUT2D eigenvalue weighted by molar-refractivity contribution is 5.94. The Kier molecular flexibility index (Phi) is 4.35. The van der Waals surface area contributed by atoms with E-state index in [0.717, 1.165) is 12.2 Å². The molecular weight excluding hydrogens is 256 g/mol. The number of amides is 1. The number of hydrogen-bond acceptors (Lipinski definition) is 5. The van der Waals surface area contributed by atoms with Gasteiger partial charge in [-0.2, -0.15) is 0 Å². The van der Waals surface area contributed by atoms with E-state index < -0.39 is 6.10 Å². The van der Waals surface area contributed by atoms with Gasteiger partial charge in [0.05, 0.1) is 24.2 Å². The van der Waals surface area contributed by atoms with Crippen molar-refractivity contribution in [1.82, 2.24) is 9.97 Å². The Hall–Kier alpha value is -1.53. The smallest absolute Gasteiger partial charge is 0.253 e. The molecule has 0 unspecified atom stereocenters. The molecule has 0 aliphatic carbocycles. The molecule has 1 aliphatic heterocycles. The van der Waals surface area contributed by atoms with Crippen LogP contribution in [0, 0.1) is 0 Å². The van der Waals surface area contributed by atoms with E-state index in [2.05, 4.69) is 15.3 Å². The van der Waals surface area contributed by atoms with Gasteiger partial charge in [0.2, 0.25) is 0 Å². The van der Waals surface area contributed by atoms with Gasteiger partial charge in [-0.3, -0.25) is 4.79 Å². The third-order valence-corrected chi connectivity index (χ3v) is 3.25. The summed E-state index contributed by atoms with van der Waals surface area (Å²) in [6.07, 6.45) is 4.35. The maximum Gasteiger partial charge on any atom is 0.253 e. The van der Waals surface area contributed by atoms with Gasteiger partial charge in [0, 0.05) is 12.0 Å². The molecule has 1 aliphatic rings. The number of ether oxygens (including phenoxy) is 1. The lowest BCUT2D eigenvalue weighted by molar-refractivity contribution is -0.126. The maximum atomic E-state index is 12.0. The predicted molar refractivity (Wildman–Crippen MR) is 76.3 cm³/mol. The van der Waals surface area contributed by atoms with E-state index in [1.54, 1.807) is 12.4 Å². The fourth-order valence-electron chi connectivity index (χ4n) is 2.07. The Bertz CT molecular complexity index is 467. The van der Waals surface area contributed by atoms with Crippen molar-refractivity contribution in [1.29, 1.82) is 0 Å². The Morgan fingerprint density at radius 1 is 1.40 bits per heavy atom. The van der Waals surface area contributed by atoms with Gasteiger partial charge in [0.25, 0.3) is 5.91 Å². The van der Waals surface area contributed by atoms with E-state index in [9.17, 15) is 4.79 Å². The second kappa shape index (κ2) is 5.85. The summed E-state index contributed by atoms with van der Waals surface area (Å²) >= 11 is 0. The first kappa shape index (κ1) is 14.9. The highest BCUT2D eigenvalue weighted by Crippen LogP contribution is 2.21. The van der Waals surface area contributed by atoms with Crippen molar-refractivity contribution in [3.8, 4) is 0 Å². The molecule has 20 heavy (non-hydrogen) atoms. The number of carbonyl (C=O) groups is 1. The Morgan fingerprint density at radius 2 is 2.05 bits per heavy atom. The zero-order chi connectivity index (χ0) is 14.8. The number of nitrogens with two attached hydrogens (primary N) is 1. The molecule has 1 fully saturated rings. The molecule has 0 bridgehead atoms. The van der Waals surface area contributed by atoms with Crippen molar-refractivity contribution in [3.05, 3.63) is 18.2 Å². The van der Waals surface area contributed by atoms with E-state index in [1.165, 1.54) is 0 Å². The molecule has 3 N–H and O–H groups in total. The van der Waals surface area contributed by atoms with E-state index >= 15 is 0 Å².